The number of hydrogen-bond acceptors (Lipinski definition) is 6. The second-order valence-corrected chi connectivity index (χ2v) is 5.92. The van der Waals surface area contributed by atoms with Gasteiger partial charge in [-0.3, -0.25) is 9.59 Å². The van der Waals surface area contributed by atoms with Crippen molar-refractivity contribution in [2.24, 2.45) is 0 Å². The highest BCUT2D eigenvalue weighted by Gasteiger charge is 2.11. The minimum Gasteiger partial charge on any atom is -0.458 e. The lowest BCUT2D eigenvalue weighted by atomic mass is 10.3. The van der Waals surface area contributed by atoms with Crippen LogP contribution in [0.1, 0.15) is 12.7 Å². The van der Waals surface area contributed by atoms with Crippen LogP contribution in [0, 0.1) is 0 Å². The van der Waals surface area contributed by atoms with E-state index in [0.717, 1.165) is 0 Å². The normalized spacial score (nSPS) is 10.4. The maximum Gasteiger partial charge on any atom is 0.236 e. The third-order valence-electron chi connectivity index (χ3n) is 2.45. The largest absolute Gasteiger partial charge is 0.458 e. The van der Waals surface area contributed by atoms with Crippen molar-refractivity contribution in [3.8, 4) is 11.5 Å². The Morgan fingerprint density at radius 3 is 2.95 bits per heavy atom. The molecule has 0 fully saturated rings. The number of carbonyl (C=O) groups excluding carboxylic acids is 2. The molecular weight excluding hydrogens is 310 g/mol. The van der Waals surface area contributed by atoms with Gasteiger partial charge in [-0.05, 0) is 18.4 Å². The number of nitrogens with one attached hydrogen (secondary N) is 2. The molecule has 21 heavy (non-hydrogen) atoms. The second-order valence-electron chi connectivity index (χ2n) is 4.19. The van der Waals surface area contributed by atoms with Gasteiger partial charge in [0.15, 0.2) is 10.9 Å². The van der Waals surface area contributed by atoms with Gasteiger partial charge < -0.3 is 15.1 Å². The van der Waals surface area contributed by atoms with Gasteiger partial charge in [0.1, 0.15) is 11.5 Å². The molecule has 2 N–H and O–H groups in total. The van der Waals surface area contributed by atoms with Crippen LogP contribution >= 0.6 is 23.1 Å². The molecule has 0 aromatic carbocycles. The van der Waals surface area contributed by atoms with Crippen LogP contribution in [-0.2, 0) is 16.1 Å². The Kier molecular flexibility index (Phi) is 5.40. The highest BCUT2D eigenvalue weighted by Crippen LogP contribution is 2.26. The molecular formula is C13H15N3O3S2. The van der Waals surface area contributed by atoms with E-state index in [4.69, 9.17) is 4.42 Å². The highest BCUT2D eigenvalue weighted by atomic mass is 32.2. The standard InChI is InChI=1S/C13H15N3O3S2/c1-8(17)14-5-9-3-4-11(19-9)10-6-21-13(15-10)16-12(18)7-20-2/h3-4,6H,5,7H2,1-2H3,(H,14,17)(H,15,16,18). The minimum absolute atomic E-state index is 0.0748. The van der Waals surface area contributed by atoms with Gasteiger partial charge >= 0.3 is 0 Å². The van der Waals surface area contributed by atoms with Gasteiger partial charge in [0, 0.05) is 12.3 Å². The summed E-state index contributed by atoms with van der Waals surface area (Å²) >= 11 is 2.80. The number of amides is 2. The Morgan fingerprint density at radius 1 is 1.43 bits per heavy atom. The Labute approximate surface area is 130 Å². The van der Waals surface area contributed by atoms with Crippen molar-refractivity contribution >= 4 is 40.0 Å². The van der Waals surface area contributed by atoms with E-state index >= 15 is 0 Å². The van der Waals surface area contributed by atoms with Crippen molar-refractivity contribution in [2.45, 2.75) is 13.5 Å². The van der Waals surface area contributed by atoms with Crippen molar-refractivity contribution in [2.75, 3.05) is 17.3 Å². The van der Waals surface area contributed by atoms with Crippen LogP contribution in [0.3, 0.4) is 0 Å². The molecule has 0 atom stereocenters. The van der Waals surface area contributed by atoms with Crippen molar-refractivity contribution < 1.29 is 14.0 Å². The van der Waals surface area contributed by atoms with Crippen LogP contribution in [0.5, 0.6) is 0 Å². The summed E-state index contributed by atoms with van der Waals surface area (Å²) in [6, 6.07) is 3.58. The predicted molar refractivity (Wildman–Crippen MR) is 84.3 cm³/mol. The third-order valence-corrected chi connectivity index (χ3v) is 3.76. The maximum absolute atomic E-state index is 11.5. The topological polar surface area (TPSA) is 84.2 Å². The molecule has 0 bridgehead atoms. The summed E-state index contributed by atoms with van der Waals surface area (Å²) in [5.41, 5.74) is 0.661. The molecule has 2 heterocycles. The van der Waals surface area contributed by atoms with Crippen LogP contribution in [0.25, 0.3) is 11.5 Å². The zero-order valence-corrected chi connectivity index (χ0v) is 13.3. The molecule has 0 radical (unpaired) electrons. The molecule has 112 valence electrons. The quantitative estimate of drug-likeness (QED) is 0.851. The molecule has 0 unspecified atom stereocenters. The summed E-state index contributed by atoms with van der Waals surface area (Å²) < 4.78 is 5.60. The SMILES string of the molecule is CSCC(=O)Nc1nc(-c2ccc(CNC(C)=O)o2)cs1. The first kappa shape index (κ1) is 15.6. The summed E-state index contributed by atoms with van der Waals surface area (Å²) in [5.74, 6) is 1.48. The average Bonchev–Trinajstić information content (AvgIpc) is 3.05. The molecule has 0 saturated carbocycles. The zero-order chi connectivity index (χ0) is 15.2. The maximum atomic E-state index is 11.5. The molecule has 6 nitrogen and oxygen atoms in total. The Hall–Kier alpha value is -1.80. The van der Waals surface area contributed by atoms with E-state index in [1.807, 2.05) is 11.6 Å². The summed E-state index contributed by atoms with van der Waals surface area (Å²) in [6.07, 6.45) is 1.87. The second kappa shape index (κ2) is 7.28. The van der Waals surface area contributed by atoms with Gasteiger partial charge in [-0.15, -0.1) is 11.3 Å². The number of aromatic nitrogens is 1. The minimum atomic E-state index is -0.111. The first-order valence-electron chi connectivity index (χ1n) is 6.16. The van der Waals surface area contributed by atoms with Crippen LogP contribution in [0.4, 0.5) is 5.13 Å². The molecule has 0 aliphatic heterocycles. The fourth-order valence-electron chi connectivity index (χ4n) is 1.55. The molecule has 2 aromatic heterocycles. The molecule has 0 spiro atoms. The highest BCUT2D eigenvalue weighted by molar-refractivity contribution is 7.99. The molecule has 0 aliphatic rings. The molecule has 8 heteroatoms. The Balaban J connectivity index is 2.00. The van der Waals surface area contributed by atoms with Gasteiger partial charge in [0.05, 0.1) is 12.3 Å². The number of nitrogens with zero attached hydrogens (tertiary/aromatic N) is 1. The molecule has 2 amide bonds. The van der Waals surface area contributed by atoms with Crippen molar-refractivity contribution in [3.63, 3.8) is 0 Å². The first-order valence-corrected chi connectivity index (χ1v) is 8.43. The molecule has 2 rings (SSSR count). The molecule has 0 saturated heterocycles. The van der Waals surface area contributed by atoms with E-state index < -0.39 is 0 Å². The van der Waals surface area contributed by atoms with Crippen molar-refractivity contribution in [3.05, 3.63) is 23.3 Å². The monoisotopic (exact) mass is 325 g/mol. The predicted octanol–water partition coefficient (Wildman–Crippen LogP) is 2.34. The number of thioether (sulfide) groups is 1. The van der Waals surface area contributed by atoms with Crippen LogP contribution in [0.2, 0.25) is 0 Å². The van der Waals surface area contributed by atoms with Gasteiger partial charge in [-0.1, -0.05) is 0 Å². The van der Waals surface area contributed by atoms with Crippen LogP contribution < -0.4 is 10.6 Å². The van der Waals surface area contributed by atoms with Gasteiger partial charge in [-0.2, -0.15) is 11.8 Å². The lowest BCUT2D eigenvalue weighted by molar-refractivity contribution is -0.119. The molecule has 2 aromatic rings. The zero-order valence-electron chi connectivity index (χ0n) is 11.6. The number of thiazole rings is 1. The number of anilines is 1. The number of hydrogen-bond donors (Lipinski definition) is 2. The first-order chi connectivity index (χ1) is 10.1. The van der Waals surface area contributed by atoms with Crippen LogP contribution in [0.15, 0.2) is 21.9 Å². The van der Waals surface area contributed by atoms with Crippen LogP contribution in [-0.4, -0.2) is 28.8 Å². The van der Waals surface area contributed by atoms with Gasteiger partial charge in [-0.25, -0.2) is 4.98 Å². The fraction of sp³-hybridized carbons (Fsp3) is 0.308. The van der Waals surface area contributed by atoms with Gasteiger partial charge in [0.25, 0.3) is 0 Å². The summed E-state index contributed by atoms with van der Waals surface area (Å²) in [4.78, 5) is 26.6. The number of furan rings is 1. The fourth-order valence-corrected chi connectivity index (χ4v) is 2.60. The van der Waals surface area contributed by atoms with E-state index in [2.05, 4.69) is 15.6 Å². The van der Waals surface area contributed by atoms with E-state index in [0.29, 0.717) is 34.6 Å². The third kappa shape index (κ3) is 4.61. The lowest BCUT2D eigenvalue weighted by Gasteiger charge is -1.98. The molecule has 0 aliphatic carbocycles. The number of rotatable bonds is 6. The summed E-state index contributed by atoms with van der Waals surface area (Å²) in [5, 5.41) is 7.75. The number of carbonyl (C=O) groups is 2. The van der Waals surface area contributed by atoms with E-state index in [9.17, 15) is 9.59 Å². The average molecular weight is 325 g/mol. The van der Waals surface area contributed by atoms with E-state index in [1.54, 1.807) is 12.1 Å². The summed E-state index contributed by atoms with van der Waals surface area (Å²) in [6.45, 7) is 1.80. The smallest absolute Gasteiger partial charge is 0.236 e. The Morgan fingerprint density at radius 2 is 2.24 bits per heavy atom. The summed E-state index contributed by atoms with van der Waals surface area (Å²) in [7, 11) is 0. The van der Waals surface area contributed by atoms with E-state index in [-0.39, 0.29) is 11.8 Å². The Bertz CT molecular complexity index is 636. The lowest BCUT2D eigenvalue weighted by Crippen LogP contribution is -2.18. The van der Waals surface area contributed by atoms with E-state index in [1.165, 1.54) is 30.0 Å². The van der Waals surface area contributed by atoms with Gasteiger partial charge in [0.2, 0.25) is 11.8 Å². The van der Waals surface area contributed by atoms with Crippen molar-refractivity contribution in [1.82, 2.24) is 10.3 Å². The van der Waals surface area contributed by atoms with Crippen molar-refractivity contribution in [1.29, 1.82) is 0 Å².